The Balaban J connectivity index is 2.18. The van der Waals surface area contributed by atoms with Crippen LogP contribution in [0.2, 0.25) is 5.02 Å². The molecule has 1 atom stereocenters. The first-order valence-electron chi connectivity index (χ1n) is 11.9. The van der Waals surface area contributed by atoms with Gasteiger partial charge in [-0.3, -0.25) is 13.9 Å². The second-order valence-electron chi connectivity index (χ2n) is 8.64. The SMILES string of the molecule is CCCNC(=O)[C@@H](CC)N(Cc1ccc(C)cc1)C(=O)CCCN(c1ccc(Cl)cc1)S(C)(=O)=O. The Hall–Kier alpha value is -2.58. The van der Waals surface area contributed by atoms with Crippen molar-refractivity contribution in [1.29, 1.82) is 0 Å². The summed E-state index contributed by atoms with van der Waals surface area (Å²) in [6, 6.07) is 13.8. The predicted molar refractivity (Wildman–Crippen MR) is 142 cm³/mol. The van der Waals surface area contributed by atoms with Crippen LogP contribution in [0.25, 0.3) is 0 Å². The first kappa shape index (κ1) is 28.7. The minimum Gasteiger partial charge on any atom is -0.354 e. The summed E-state index contributed by atoms with van der Waals surface area (Å²) in [6.07, 6.45) is 2.85. The van der Waals surface area contributed by atoms with Crippen molar-refractivity contribution in [3.63, 3.8) is 0 Å². The molecule has 0 spiro atoms. The Morgan fingerprint density at radius 3 is 2.20 bits per heavy atom. The number of nitrogens with zero attached hydrogens (tertiary/aromatic N) is 2. The zero-order chi connectivity index (χ0) is 26.0. The van der Waals surface area contributed by atoms with Crippen molar-refractivity contribution in [2.45, 2.75) is 59.0 Å². The van der Waals surface area contributed by atoms with Crippen molar-refractivity contribution >= 4 is 39.1 Å². The number of aryl methyl sites for hydroxylation is 1. The first-order valence-corrected chi connectivity index (χ1v) is 14.2. The molecule has 1 N–H and O–H groups in total. The molecule has 0 aromatic heterocycles. The van der Waals surface area contributed by atoms with Crippen molar-refractivity contribution in [2.75, 3.05) is 23.7 Å². The minimum absolute atomic E-state index is 0.114. The van der Waals surface area contributed by atoms with Crippen LogP contribution in [0.5, 0.6) is 0 Å². The lowest BCUT2D eigenvalue weighted by molar-refractivity contribution is -0.141. The number of carbonyl (C=O) groups excluding carboxylic acids is 2. The van der Waals surface area contributed by atoms with Gasteiger partial charge in [0.2, 0.25) is 21.8 Å². The summed E-state index contributed by atoms with van der Waals surface area (Å²) < 4.78 is 26.0. The zero-order valence-electron chi connectivity index (χ0n) is 21.0. The average molecular weight is 522 g/mol. The first-order chi connectivity index (χ1) is 16.6. The average Bonchev–Trinajstić information content (AvgIpc) is 2.81. The summed E-state index contributed by atoms with van der Waals surface area (Å²) in [5, 5.41) is 3.41. The Kier molecular flexibility index (Phi) is 11.0. The molecular formula is C26H36ClN3O4S. The van der Waals surface area contributed by atoms with Crippen LogP contribution in [0.15, 0.2) is 48.5 Å². The second kappa shape index (κ2) is 13.5. The van der Waals surface area contributed by atoms with E-state index in [0.717, 1.165) is 23.8 Å². The van der Waals surface area contributed by atoms with E-state index < -0.39 is 16.1 Å². The number of carbonyl (C=O) groups is 2. The molecule has 0 saturated carbocycles. The molecule has 0 bridgehead atoms. The lowest BCUT2D eigenvalue weighted by Gasteiger charge is -2.31. The monoisotopic (exact) mass is 521 g/mol. The Bertz CT molecular complexity index is 1070. The number of benzene rings is 2. The van der Waals surface area contributed by atoms with Gasteiger partial charge in [-0.25, -0.2) is 8.42 Å². The van der Waals surface area contributed by atoms with E-state index in [1.54, 1.807) is 29.2 Å². The highest BCUT2D eigenvalue weighted by Crippen LogP contribution is 2.22. The van der Waals surface area contributed by atoms with E-state index in [1.807, 2.05) is 45.0 Å². The lowest BCUT2D eigenvalue weighted by atomic mass is 10.1. The van der Waals surface area contributed by atoms with Gasteiger partial charge in [0.25, 0.3) is 0 Å². The maximum absolute atomic E-state index is 13.4. The normalized spacial score (nSPS) is 12.1. The fraction of sp³-hybridized carbons (Fsp3) is 0.462. The molecule has 0 aliphatic heterocycles. The maximum atomic E-state index is 13.4. The molecule has 2 amide bonds. The van der Waals surface area contributed by atoms with Gasteiger partial charge in [-0.15, -0.1) is 0 Å². The molecule has 0 saturated heterocycles. The third-order valence-corrected chi connectivity index (χ3v) is 7.12. The Morgan fingerprint density at radius 1 is 1.03 bits per heavy atom. The summed E-state index contributed by atoms with van der Waals surface area (Å²) in [5.74, 6) is -0.359. The van der Waals surface area contributed by atoms with Gasteiger partial charge < -0.3 is 10.2 Å². The number of halogens is 1. The van der Waals surface area contributed by atoms with Crippen LogP contribution in [-0.4, -0.2) is 50.5 Å². The van der Waals surface area contributed by atoms with Crippen LogP contribution < -0.4 is 9.62 Å². The number of anilines is 1. The summed E-state index contributed by atoms with van der Waals surface area (Å²) in [7, 11) is -3.55. The van der Waals surface area contributed by atoms with Gasteiger partial charge >= 0.3 is 0 Å². The lowest BCUT2D eigenvalue weighted by Crippen LogP contribution is -2.49. The molecule has 9 heteroatoms. The van der Waals surface area contributed by atoms with Gasteiger partial charge in [-0.05, 0) is 56.0 Å². The van der Waals surface area contributed by atoms with Gasteiger partial charge in [0, 0.05) is 31.1 Å². The highest BCUT2D eigenvalue weighted by Gasteiger charge is 2.28. The number of amides is 2. The Labute approximate surface area is 214 Å². The number of sulfonamides is 1. The van der Waals surface area contributed by atoms with Crippen molar-refractivity contribution in [2.24, 2.45) is 0 Å². The van der Waals surface area contributed by atoms with Gasteiger partial charge in [-0.2, -0.15) is 0 Å². The maximum Gasteiger partial charge on any atom is 0.242 e. The Morgan fingerprint density at radius 2 is 1.66 bits per heavy atom. The second-order valence-corrected chi connectivity index (χ2v) is 11.0. The predicted octanol–water partition coefficient (Wildman–Crippen LogP) is 4.53. The van der Waals surface area contributed by atoms with Crippen LogP contribution in [0.3, 0.4) is 0 Å². The molecule has 0 aliphatic rings. The van der Waals surface area contributed by atoms with Gasteiger partial charge in [-0.1, -0.05) is 55.3 Å². The van der Waals surface area contributed by atoms with Crippen LogP contribution in [0, 0.1) is 6.92 Å². The van der Waals surface area contributed by atoms with Crippen molar-refractivity contribution in [3.8, 4) is 0 Å². The summed E-state index contributed by atoms with van der Waals surface area (Å²) in [4.78, 5) is 27.8. The fourth-order valence-corrected chi connectivity index (χ4v) is 4.88. The number of hydrogen-bond donors (Lipinski definition) is 1. The highest BCUT2D eigenvalue weighted by atomic mass is 35.5. The van der Waals surface area contributed by atoms with E-state index in [2.05, 4.69) is 5.32 Å². The standard InChI is InChI=1S/C26H36ClN3O4S/c1-5-17-28-26(32)24(6-2)29(19-21-11-9-20(3)10-12-21)25(31)8-7-18-30(35(4,33)34)23-15-13-22(27)14-16-23/h9-16,24H,5-8,17-19H2,1-4H3,(H,28,32)/t24-/m1/s1. The van der Waals surface area contributed by atoms with Crippen LogP contribution in [0.4, 0.5) is 5.69 Å². The van der Waals surface area contributed by atoms with E-state index >= 15 is 0 Å². The third kappa shape index (κ3) is 8.85. The van der Waals surface area contributed by atoms with Crippen LogP contribution in [-0.2, 0) is 26.2 Å². The van der Waals surface area contributed by atoms with Crippen LogP contribution >= 0.6 is 11.6 Å². The molecule has 0 unspecified atom stereocenters. The van der Waals surface area contributed by atoms with E-state index in [9.17, 15) is 18.0 Å². The van der Waals surface area contributed by atoms with Gasteiger partial charge in [0.05, 0.1) is 11.9 Å². The molecule has 2 aromatic carbocycles. The quantitative estimate of drug-likeness (QED) is 0.419. The van der Waals surface area contributed by atoms with Crippen molar-refractivity contribution in [1.82, 2.24) is 10.2 Å². The summed E-state index contributed by atoms with van der Waals surface area (Å²) in [5.41, 5.74) is 2.54. The molecule has 192 valence electrons. The minimum atomic E-state index is -3.55. The largest absolute Gasteiger partial charge is 0.354 e. The third-order valence-electron chi connectivity index (χ3n) is 5.68. The van der Waals surface area contributed by atoms with Crippen molar-refractivity contribution < 1.29 is 18.0 Å². The van der Waals surface area contributed by atoms with Crippen LogP contribution in [0.1, 0.15) is 50.7 Å². The molecule has 0 aliphatic carbocycles. The smallest absolute Gasteiger partial charge is 0.242 e. The van der Waals surface area contributed by atoms with E-state index in [4.69, 9.17) is 11.6 Å². The molecule has 2 aromatic rings. The highest BCUT2D eigenvalue weighted by molar-refractivity contribution is 7.92. The number of rotatable bonds is 13. The molecule has 35 heavy (non-hydrogen) atoms. The molecule has 7 nitrogen and oxygen atoms in total. The molecule has 0 heterocycles. The molecule has 0 radical (unpaired) electrons. The van der Waals surface area contributed by atoms with Gasteiger partial charge in [0.1, 0.15) is 6.04 Å². The fourth-order valence-electron chi connectivity index (χ4n) is 3.79. The molecular weight excluding hydrogens is 486 g/mol. The molecule has 2 rings (SSSR count). The van der Waals surface area contributed by atoms with Gasteiger partial charge in [0.15, 0.2) is 0 Å². The molecule has 0 fully saturated rings. The van der Waals surface area contributed by atoms with E-state index in [1.165, 1.54) is 4.31 Å². The summed E-state index contributed by atoms with van der Waals surface area (Å²) >= 11 is 5.94. The summed E-state index contributed by atoms with van der Waals surface area (Å²) in [6.45, 7) is 6.86. The zero-order valence-corrected chi connectivity index (χ0v) is 22.5. The number of hydrogen-bond acceptors (Lipinski definition) is 4. The van der Waals surface area contributed by atoms with E-state index in [0.29, 0.717) is 36.6 Å². The van der Waals surface area contributed by atoms with E-state index in [-0.39, 0.29) is 24.8 Å². The van der Waals surface area contributed by atoms with Crippen molar-refractivity contribution in [3.05, 3.63) is 64.7 Å². The topological polar surface area (TPSA) is 86.8 Å². The number of nitrogens with one attached hydrogen (secondary N) is 1.